The fraction of sp³-hybridized carbons (Fsp3) is 0.550. The number of halogens is 1. The number of rotatable bonds is 5. The zero-order valence-electron chi connectivity index (χ0n) is 16.2. The van der Waals surface area contributed by atoms with Gasteiger partial charge < -0.3 is 9.80 Å². The molecule has 0 unspecified atom stereocenters. The van der Waals surface area contributed by atoms with Crippen LogP contribution in [0.15, 0.2) is 24.3 Å². The van der Waals surface area contributed by atoms with Crippen molar-refractivity contribution in [3.8, 4) is 0 Å². The zero-order chi connectivity index (χ0) is 19.4. The highest BCUT2D eigenvalue weighted by atomic mass is 35.5. The number of hydrogen-bond acceptors (Lipinski definition) is 5. The first-order valence-electron chi connectivity index (χ1n) is 9.37. The number of alkyl halides is 1. The molecule has 0 spiro atoms. The summed E-state index contributed by atoms with van der Waals surface area (Å²) in [6.45, 7) is 9.05. The molecular formula is C20H27ClN4OS. The van der Waals surface area contributed by atoms with Crippen LogP contribution in [0.5, 0.6) is 0 Å². The van der Waals surface area contributed by atoms with Gasteiger partial charge in [-0.1, -0.05) is 29.8 Å². The van der Waals surface area contributed by atoms with Crippen molar-refractivity contribution < 1.29 is 4.79 Å². The van der Waals surface area contributed by atoms with Gasteiger partial charge in [-0.05, 0) is 32.8 Å². The smallest absolute Gasteiger partial charge is 0.229 e. The Kier molecular flexibility index (Phi) is 6.37. The summed E-state index contributed by atoms with van der Waals surface area (Å²) in [6, 6.07) is 8.49. The molecule has 0 aliphatic carbocycles. The summed E-state index contributed by atoms with van der Waals surface area (Å²) >= 11 is 7.42. The normalized spacial score (nSPS) is 15.7. The number of anilines is 1. The third-order valence-corrected chi connectivity index (χ3v) is 6.39. The topological polar surface area (TPSA) is 49.3 Å². The van der Waals surface area contributed by atoms with Gasteiger partial charge in [-0.2, -0.15) is 4.37 Å². The Balaban J connectivity index is 1.62. The van der Waals surface area contributed by atoms with E-state index in [2.05, 4.69) is 40.5 Å². The van der Waals surface area contributed by atoms with Crippen LogP contribution in [0.4, 0.5) is 5.13 Å². The van der Waals surface area contributed by atoms with Gasteiger partial charge in [0.15, 0.2) is 0 Å². The molecule has 2 heterocycles. The Morgan fingerprint density at radius 3 is 2.63 bits per heavy atom. The van der Waals surface area contributed by atoms with Gasteiger partial charge in [0.05, 0.1) is 5.41 Å². The van der Waals surface area contributed by atoms with Crippen LogP contribution in [0.2, 0.25) is 0 Å². The predicted octanol–water partition coefficient (Wildman–Crippen LogP) is 3.74. The van der Waals surface area contributed by atoms with Crippen LogP contribution >= 0.6 is 23.1 Å². The van der Waals surface area contributed by atoms with Gasteiger partial charge >= 0.3 is 0 Å². The molecule has 1 aromatic carbocycles. The quantitative estimate of drug-likeness (QED) is 0.709. The fourth-order valence-corrected chi connectivity index (χ4v) is 3.98. The monoisotopic (exact) mass is 406 g/mol. The molecule has 146 valence electrons. The second-order valence-electron chi connectivity index (χ2n) is 7.81. The number of amides is 1. The van der Waals surface area contributed by atoms with E-state index in [0.29, 0.717) is 12.4 Å². The minimum atomic E-state index is -0.513. The number of carbonyl (C=O) groups is 1. The van der Waals surface area contributed by atoms with Crippen molar-refractivity contribution in [3.05, 3.63) is 41.2 Å². The lowest BCUT2D eigenvalue weighted by atomic mass is 9.94. The number of aromatic nitrogens is 2. The van der Waals surface area contributed by atoms with Gasteiger partial charge in [0.25, 0.3) is 0 Å². The highest BCUT2D eigenvalue weighted by Gasteiger charge is 2.32. The Labute approximate surface area is 170 Å². The molecule has 27 heavy (non-hydrogen) atoms. The molecule has 1 fully saturated rings. The lowest BCUT2D eigenvalue weighted by Crippen LogP contribution is -2.43. The first-order valence-corrected chi connectivity index (χ1v) is 10.7. The lowest BCUT2D eigenvalue weighted by molar-refractivity contribution is -0.139. The molecule has 0 N–H and O–H groups in total. The molecule has 3 rings (SSSR count). The summed E-state index contributed by atoms with van der Waals surface area (Å²) in [7, 11) is 0. The predicted molar refractivity (Wildman–Crippen MR) is 112 cm³/mol. The number of hydrogen-bond donors (Lipinski definition) is 0. The molecule has 1 saturated heterocycles. The summed E-state index contributed by atoms with van der Waals surface area (Å²) in [4.78, 5) is 21.6. The number of aryl methyl sites for hydroxylation is 1. The van der Waals surface area contributed by atoms with E-state index in [0.717, 1.165) is 43.4 Å². The van der Waals surface area contributed by atoms with Gasteiger partial charge in [-0.25, -0.2) is 4.98 Å². The average Bonchev–Trinajstić information content (AvgIpc) is 2.98. The summed E-state index contributed by atoms with van der Waals surface area (Å²) in [6.07, 6.45) is 1.68. The minimum Gasteiger partial charge on any atom is -0.345 e. The van der Waals surface area contributed by atoms with Crippen LogP contribution in [0.3, 0.4) is 0 Å². The largest absolute Gasteiger partial charge is 0.345 e. The molecule has 0 radical (unpaired) electrons. The van der Waals surface area contributed by atoms with E-state index in [4.69, 9.17) is 16.6 Å². The molecule has 0 bridgehead atoms. The van der Waals surface area contributed by atoms with Crippen LogP contribution in [0.25, 0.3) is 0 Å². The first kappa shape index (κ1) is 20.1. The third-order valence-electron chi connectivity index (χ3n) is 4.91. The van der Waals surface area contributed by atoms with Gasteiger partial charge in [0.2, 0.25) is 11.0 Å². The molecule has 2 aromatic rings. The van der Waals surface area contributed by atoms with Crippen LogP contribution in [-0.2, 0) is 11.2 Å². The van der Waals surface area contributed by atoms with Crippen molar-refractivity contribution in [2.75, 3.05) is 37.0 Å². The van der Waals surface area contributed by atoms with Crippen molar-refractivity contribution in [2.45, 2.75) is 33.6 Å². The Morgan fingerprint density at radius 2 is 1.93 bits per heavy atom. The van der Waals surface area contributed by atoms with Gasteiger partial charge in [-0.15, -0.1) is 11.6 Å². The second kappa shape index (κ2) is 8.57. The maximum Gasteiger partial charge on any atom is 0.229 e. The zero-order valence-corrected chi connectivity index (χ0v) is 17.8. The van der Waals surface area contributed by atoms with Crippen LogP contribution < -0.4 is 4.90 Å². The molecular weight excluding hydrogens is 380 g/mol. The van der Waals surface area contributed by atoms with Gasteiger partial charge in [0.1, 0.15) is 5.82 Å². The highest BCUT2D eigenvalue weighted by molar-refractivity contribution is 7.09. The standard InChI is InChI=1S/C20H27ClN4OS/c1-15-5-7-16(8-6-15)13-17-22-19(27-23-17)25-10-4-9-24(11-12-25)18(26)20(2,3)14-21/h5-8H,4,9-14H2,1-3H3. The van der Waals surface area contributed by atoms with Crippen molar-refractivity contribution in [1.29, 1.82) is 0 Å². The fourth-order valence-electron chi connectivity index (χ4n) is 3.13. The first-order chi connectivity index (χ1) is 12.9. The van der Waals surface area contributed by atoms with E-state index in [-0.39, 0.29) is 5.91 Å². The number of benzene rings is 1. The van der Waals surface area contributed by atoms with Crippen LogP contribution in [0.1, 0.15) is 37.2 Å². The Bertz CT molecular complexity index is 775. The molecule has 0 atom stereocenters. The number of nitrogens with zero attached hydrogens (tertiary/aromatic N) is 4. The van der Waals surface area contributed by atoms with E-state index in [9.17, 15) is 4.79 Å². The SMILES string of the molecule is Cc1ccc(Cc2nsc(N3CCCN(C(=O)C(C)(C)CCl)CC3)n2)cc1. The molecule has 1 aliphatic rings. The molecule has 7 heteroatoms. The van der Waals surface area contributed by atoms with E-state index >= 15 is 0 Å². The maximum atomic E-state index is 12.7. The minimum absolute atomic E-state index is 0.136. The van der Waals surface area contributed by atoms with Crippen molar-refractivity contribution >= 4 is 34.2 Å². The highest BCUT2D eigenvalue weighted by Crippen LogP contribution is 2.24. The summed E-state index contributed by atoms with van der Waals surface area (Å²) in [5.41, 5.74) is 1.97. The second-order valence-corrected chi connectivity index (χ2v) is 8.80. The van der Waals surface area contributed by atoms with Gasteiger partial charge in [0, 0.05) is 50.0 Å². The summed E-state index contributed by atoms with van der Waals surface area (Å²) in [5.74, 6) is 1.33. The average molecular weight is 407 g/mol. The van der Waals surface area contributed by atoms with E-state index in [1.807, 2.05) is 18.7 Å². The lowest BCUT2D eigenvalue weighted by Gasteiger charge is -2.29. The van der Waals surface area contributed by atoms with E-state index in [1.54, 1.807) is 0 Å². The number of carbonyl (C=O) groups excluding carboxylic acids is 1. The van der Waals surface area contributed by atoms with Crippen LogP contribution in [-0.4, -0.2) is 52.2 Å². The molecule has 5 nitrogen and oxygen atoms in total. The van der Waals surface area contributed by atoms with Gasteiger partial charge in [-0.3, -0.25) is 4.79 Å². The van der Waals surface area contributed by atoms with Crippen LogP contribution in [0, 0.1) is 12.3 Å². The Hall–Kier alpha value is -1.66. The third kappa shape index (κ3) is 4.99. The van der Waals surface area contributed by atoms with Crippen molar-refractivity contribution in [3.63, 3.8) is 0 Å². The Morgan fingerprint density at radius 1 is 1.19 bits per heavy atom. The molecule has 1 aromatic heterocycles. The van der Waals surface area contributed by atoms with E-state index in [1.165, 1.54) is 22.7 Å². The summed E-state index contributed by atoms with van der Waals surface area (Å²) < 4.78 is 4.54. The van der Waals surface area contributed by atoms with Crippen molar-refractivity contribution in [2.24, 2.45) is 5.41 Å². The van der Waals surface area contributed by atoms with E-state index < -0.39 is 5.41 Å². The molecule has 1 amide bonds. The van der Waals surface area contributed by atoms with Crippen molar-refractivity contribution in [1.82, 2.24) is 14.3 Å². The molecule has 1 aliphatic heterocycles. The maximum absolute atomic E-state index is 12.7. The molecule has 0 saturated carbocycles. The summed E-state index contributed by atoms with van der Waals surface area (Å²) in [5, 5.41) is 0.947.